The van der Waals surface area contributed by atoms with Crippen molar-refractivity contribution < 1.29 is 5.11 Å². The third-order valence-corrected chi connectivity index (χ3v) is 6.83. The number of rotatable bonds is 5. The zero-order valence-electron chi connectivity index (χ0n) is 16.3. The molecule has 3 rings (SSSR count). The third kappa shape index (κ3) is 4.19. The number of hydrogen-bond acceptors (Lipinski definition) is 2. The van der Waals surface area contributed by atoms with Gasteiger partial charge in [-0.3, -0.25) is 0 Å². The first-order valence-corrected chi connectivity index (χ1v) is 10.6. The summed E-state index contributed by atoms with van der Waals surface area (Å²) in [7, 11) is 0. The molecule has 1 aliphatic rings. The number of nitrogens with one attached hydrogen (secondary N) is 1. The van der Waals surface area contributed by atoms with Crippen LogP contribution in [-0.2, 0) is 0 Å². The molecular formula is C23H29Cl2NO. The molecule has 1 saturated heterocycles. The molecule has 0 radical (unpaired) electrons. The van der Waals surface area contributed by atoms with Gasteiger partial charge in [0.25, 0.3) is 0 Å². The van der Waals surface area contributed by atoms with Crippen LogP contribution in [0.4, 0.5) is 0 Å². The second kappa shape index (κ2) is 8.53. The van der Waals surface area contributed by atoms with E-state index in [-0.39, 0.29) is 23.9 Å². The minimum Gasteiger partial charge on any atom is -0.389 e. The summed E-state index contributed by atoms with van der Waals surface area (Å²) < 4.78 is 0. The zero-order valence-corrected chi connectivity index (χ0v) is 17.8. The fourth-order valence-electron chi connectivity index (χ4n) is 4.50. The van der Waals surface area contributed by atoms with Crippen LogP contribution in [0.3, 0.4) is 0 Å². The van der Waals surface area contributed by atoms with Gasteiger partial charge in [-0.25, -0.2) is 0 Å². The molecule has 2 N–H and O–H groups in total. The summed E-state index contributed by atoms with van der Waals surface area (Å²) in [4.78, 5) is 0. The third-order valence-electron chi connectivity index (χ3n) is 6.33. The number of halogens is 2. The molecule has 1 fully saturated rings. The molecule has 0 bridgehead atoms. The van der Waals surface area contributed by atoms with Crippen LogP contribution in [0.2, 0.25) is 10.0 Å². The SMILES string of the molecule is CCCCC1(O)[C@@H](C)[C@@H](c2ccc(Cl)cc2)N[C@H](c2ccc(Cl)cc2)[C@@H]1C. The Morgan fingerprint density at radius 2 is 1.26 bits per heavy atom. The van der Waals surface area contributed by atoms with Gasteiger partial charge in [0.2, 0.25) is 0 Å². The van der Waals surface area contributed by atoms with E-state index >= 15 is 0 Å². The summed E-state index contributed by atoms with van der Waals surface area (Å²) in [5, 5.41) is 17.1. The molecule has 4 heteroatoms. The van der Waals surface area contributed by atoms with Gasteiger partial charge in [-0.15, -0.1) is 0 Å². The van der Waals surface area contributed by atoms with E-state index in [1.165, 1.54) is 0 Å². The van der Waals surface area contributed by atoms with E-state index in [1.807, 2.05) is 24.3 Å². The largest absolute Gasteiger partial charge is 0.389 e. The van der Waals surface area contributed by atoms with Crippen LogP contribution in [0.15, 0.2) is 48.5 Å². The lowest BCUT2D eigenvalue weighted by Crippen LogP contribution is -2.57. The maximum absolute atomic E-state index is 11.8. The van der Waals surface area contributed by atoms with Gasteiger partial charge in [0, 0.05) is 34.0 Å². The highest BCUT2D eigenvalue weighted by atomic mass is 35.5. The molecule has 2 aromatic rings. The van der Waals surface area contributed by atoms with E-state index in [0.29, 0.717) is 0 Å². The maximum atomic E-state index is 11.8. The average Bonchev–Trinajstić information content (AvgIpc) is 2.67. The monoisotopic (exact) mass is 405 g/mol. The van der Waals surface area contributed by atoms with E-state index in [0.717, 1.165) is 40.4 Å². The fourth-order valence-corrected chi connectivity index (χ4v) is 4.75. The van der Waals surface area contributed by atoms with Gasteiger partial charge < -0.3 is 10.4 Å². The molecule has 4 atom stereocenters. The lowest BCUT2D eigenvalue weighted by atomic mass is 9.64. The highest BCUT2D eigenvalue weighted by Gasteiger charge is 2.50. The molecule has 0 aromatic heterocycles. The van der Waals surface area contributed by atoms with E-state index in [2.05, 4.69) is 50.4 Å². The highest BCUT2D eigenvalue weighted by Crippen LogP contribution is 2.49. The van der Waals surface area contributed by atoms with Crippen LogP contribution >= 0.6 is 23.2 Å². The van der Waals surface area contributed by atoms with Crippen LogP contribution in [0.1, 0.15) is 63.2 Å². The molecular weight excluding hydrogens is 377 g/mol. The Hall–Kier alpha value is -1.06. The van der Waals surface area contributed by atoms with Crippen LogP contribution in [0.5, 0.6) is 0 Å². The standard InChI is InChI=1S/C23H29Cl2NO/c1-4-5-14-23(27)15(2)21(17-6-10-19(24)11-7-17)26-22(16(23)3)18-8-12-20(25)13-9-18/h6-13,15-16,21-22,26-27H,4-5,14H2,1-3H3/t15-,16-,21-,22-/m0/s1. The molecule has 0 amide bonds. The summed E-state index contributed by atoms with van der Waals surface area (Å²) in [5.41, 5.74) is 1.58. The Bertz CT molecular complexity index is 686. The van der Waals surface area contributed by atoms with E-state index in [9.17, 15) is 5.11 Å². The molecule has 146 valence electrons. The minimum atomic E-state index is -0.740. The van der Waals surface area contributed by atoms with Gasteiger partial charge in [-0.2, -0.15) is 0 Å². The highest BCUT2D eigenvalue weighted by molar-refractivity contribution is 6.30. The Morgan fingerprint density at radius 3 is 1.63 bits per heavy atom. The fraction of sp³-hybridized carbons (Fsp3) is 0.478. The second-order valence-electron chi connectivity index (χ2n) is 7.90. The van der Waals surface area contributed by atoms with Crippen molar-refractivity contribution in [3.63, 3.8) is 0 Å². The molecule has 1 heterocycles. The Kier molecular flexibility index (Phi) is 6.53. The van der Waals surface area contributed by atoms with Crippen molar-refractivity contribution in [1.29, 1.82) is 0 Å². The molecule has 2 aromatic carbocycles. The molecule has 27 heavy (non-hydrogen) atoms. The summed E-state index contributed by atoms with van der Waals surface area (Å²) in [6.45, 7) is 6.50. The van der Waals surface area contributed by atoms with Crippen LogP contribution in [0.25, 0.3) is 0 Å². The van der Waals surface area contributed by atoms with Crippen molar-refractivity contribution in [3.8, 4) is 0 Å². The first kappa shape index (κ1) is 20.7. The topological polar surface area (TPSA) is 32.3 Å². The molecule has 0 saturated carbocycles. The molecule has 0 aliphatic carbocycles. The summed E-state index contributed by atoms with van der Waals surface area (Å²) in [6.07, 6.45) is 2.90. The normalized spacial score (nSPS) is 31.0. The van der Waals surface area contributed by atoms with Crippen LogP contribution < -0.4 is 5.32 Å². The van der Waals surface area contributed by atoms with Crippen molar-refractivity contribution in [2.75, 3.05) is 0 Å². The van der Waals surface area contributed by atoms with Gasteiger partial charge in [-0.05, 0) is 41.8 Å². The minimum absolute atomic E-state index is 0.0565. The molecule has 1 aliphatic heterocycles. The average molecular weight is 406 g/mol. The van der Waals surface area contributed by atoms with Crippen molar-refractivity contribution in [1.82, 2.24) is 5.32 Å². The lowest BCUT2D eigenvalue weighted by Gasteiger charge is -2.52. The first-order valence-electron chi connectivity index (χ1n) is 9.86. The molecule has 0 spiro atoms. The number of aliphatic hydroxyl groups is 1. The van der Waals surface area contributed by atoms with Crippen molar-refractivity contribution in [2.45, 2.75) is 57.7 Å². The quantitative estimate of drug-likeness (QED) is 0.588. The summed E-state index contributed by atoms with van der Waals surface area (Å²) in [6, 6.07) is 16.0. The van der Waals surface area contributed by atoms with Gasteiger partial charge in [0.05, 0.1) is 5.60 Å². The van der Waals surface area contributed by atoms with Crippen molar-refractivity contribution >= 4 is 23.2 Å². The number of hydrogen-bond donors (Lipinski definition) is 2. The van der Waals surface area contributed by atoms with Crippen LogP contribution in [0, 0.1) is 11.8 Å². The Balaban J connectivity index is 2.01. The van der Waals surface area contributed by atoms with E-state index < -0.39 is 5.60 Å². The van der Waals surface area contributed by atoms with Gasteiger partial charge in [-0.1, -0.05) is 81.1 Å². The Morgan fingerprint density at radius 1 is 0.852 bits per heavy atom. The molecule has 2 nitrogen and oxygen atoms in total. The Labute approximate surface area is 172 Å². The molecule has 0 unspecified atom stereocenters. The van der Waals surface area contributed by atoms with Crippen molar-refractivity contribution in [3.05, 3.63) is 69.7 Å². The number of benzene rings is 2. The number of piperidine rings is 1. The predicted octanol–water partition coefficient (Wildman–Crippen LogP) is 6.57. The lowest BCUT2D eigenvalue weighted by molar-refractivity contribution is -0.117. The van der Waals surface area contributed by atoms with Crippen molar-refractivity contribution in [2.24, 2.45) is 11.8 Å². The first-order chi connectivity index (χ1) is 12.9. The predicted molar refractivity (Wildman–Crippen MR) is 114 cm³/mol. The van der Waals surface area contributed by atoms with E-state index in [1.54, 1.807) is 0 Å². The number of unbranched alkanes of at least 4 members (excludes halogenated alkanes) is 1. The van der Waals surface area contributed by atoms with E-state index in [4.69, 9.17) is 23.2 Å². The van der Waals surface area contributed by atoms with Gasteiger partial charge in [0.1, 0.15) is 0 Å². The van der Waals surface area contributed by atoms with Gasteiger partial charge in [0.15, 0.2) is 0 Å². The smallest absolute Gasteiger partial charge is 0.0734 e. The second-order valence-corrected chi connectivity index (χ2v) is 8.77. The maximum Gasteiger partial charge on any atom is 0.0734 e. The summed E-state index contributed by atoms with van der Waals surface area (Å²) >= 11 is 12.2. The summed E-state index contributed by atoms with van der Waals surface area (Å²) in [5.74, 6) is 0.174. The zero-order chi connectivity index (χ0) is 19.6. The van der Waals surface area contributed by atoms with Gasteiger partial charge >= 0.3 is 0 Å². The van der Waals surface area contributed by atoms with Crippen LogP contribution in [-0.4, -0.2) is 10.7 Å².